The molecule has 3 aliphatic rings. The third-order valence-electron chi connectivity index (χ3n) is 7.42. The highest BCUT2D eigenvalue weighted by Gasteiger charge is 2.45. The maximum Gasteiger partial charge on any atom is 0.409 e. The molecular formula is C25H38N4O3. The molecule has 0 aromatic carbocycles. The van der Waals surface area contributed by atoms with Crippen LogP contribution >= 0.6 is 0 Å². The number of likely N-dealkylation sites (tertiary alicyclic amines) is 2. The Morgan fingerprint density at radius 3 is 2.59 bits per heavy atom. The van der Waals surface area contributed by atoms with Gasteiger partial charge in [-0.05, 0) is 63.6 Å². The summed E-state index contributed by atoms with van der Waals surface area (Å²) in [4.78, 5) is 36.0. The minimum Gasteiger partial charge on any atom is -0.450 e. The predicted octanol–water partition coefficient (Wildman–Crippen LogP) is 3.68. The maximum atomic E-state index is 13.1. The quantitative estimate of drug-likeness (QED) is 0.696. The van der Waals surface area contributed by atoms with Gasteiger partial charge in [0.05, 0.1) is 6.61 Å². The second kappa shape index (κ2) is 9.77. The zero-order valence-electron chi connectivity index (χ0n) is 19.9. The van der Waals surface area contributed by atoms with Crippen molar-refractivity contribution in [1.29, 1.82) is 0 Å². The number of carbonyl (C=O) groups is 2. The van der Waals surface area contributed by atoms with E-state index in [-0.39, 0.29) is 17.4 Å². The average Bonchev–Trinajstić information content (AvgIpc) is 2.79. The number of fused-ring (bicyclic) bond motifs is 2. The molecule has 0 radical (unpaired) electrons. The van der Waals surface area contributed by atoms with Crippen molar-refractivity contribution < 1.29 is 14.3 Å². The Kier molecular flexibility index (Phi) is 7.03. The molecule has 1 aromatic rings. The van der Waals surface area contributed by atoms with Crippen molar-refractivity contribution in [3.05, 3.63) is 23.9 Å². The van der Waals surface area contributed by atoms with Crippen LogP contribution in [-0.4, -0.2) is 72.7 Å². The van der Waals surface area contributed by atoms with Crippen LogP contribution in [0.25, 0.3) is 0 Å². The van der Waals surface area contributed by atoms with Gasteiger partial charge in [0, 0.05) is 49.8 Å². The molecule has 7 heteroatoms. The molecule has 3 aliphatic heterocycles. The van der Waals surface area contributed by atoms with Crippen molar-refractivity contribution in [3.63, 3.8) is 0 Å². The number of piperidine rings is 2. The van der Waals surface area contributed by atoms with E-state index in [1.54, 1.807) is 0 Å². The molecule has 7 nitrogen and oxygen atoms in total. The summed E-state index contributed by atoms with van der Waals surface area (Å²) >= 11 is 0. The van der Waals surface area contributed by atoms with Gasteiger partial charge >= 0.3 is 6.09 Å². The summed E-state index contributed by atoms with van der Waals surface area (Å²) < 4.78 is 5.14. The molecule has 2 amide bonds. The second-order valence-electron chi connectivity index (χ2n) is 10.2. The normalized spacial score (nSPS) is 21.8. The molecule has 32 heavy (non-hydrogen) atoms. The molecule has 0 N–H and O–H groups in total. The first kappa shape index (κ1) is 23.0. The van der Waals surface area contributed by atoms with E-state index in [0.717, 1.165) is 70.8 Å². The molecule has 4 rings (SSSR count). The fourth-order valence-electron chi connectivity index (χ4n) is 5.67. The summed E-state index contributed by atoms with van der Waals surface area (Å²) in [5.41, 5.74) is 1.19. The van der Waals surface area contributed by atoms with Gasteiger partial charge in [0.1, 0.15) is 5.82 Å². The molecule has 2 saturated heterocycles. The van der Waals surface area contributed by atoms with Crippen LogP contribution in [0, 0.1) is 11.8 Å². The highest BCUT2D eigenvalue weighted by atomic mass is 16.6. The molecule has 2 fully saturated rings. The first-order chi connectivity index (χ1) is 15.4. The van der Waals surface area contributed by atoms with Crippen LogP contribution in [0.1, 0.15) is 58.4 Å². The van der Waals surface area contributed by atoms with E-state index in [4.69, 9.17) is 4.74 Å². The number of rotatable bonds is 5. The highest BCUT2D eigenvalue weighted by Crippen LogP contribution is 2.46. The number of nitrogens with zero attached hydrogens (tertiary/aromatic N) is 4. The smallest absolute Gasteiger partial charge is 0.409 e. The molecule has 1 aromatic heterocycles. The number of amides is 2. The topological polar surface area (TPSA) is 66.0 Å². The molecule has 4 heterocycles. The lowest BCUT2D eigenvalue weighted by Gasteiger charge is -2.47. The van der Waals surface area contributed by atoms with E-state index in [2.05, 4.69) is 29.8 Å². The van der Waals surface area contributed by atoms with Gasteiger partial charge < -0.3 is 14.5 Å². The zero-order valence-corrected chi connectivity index (χ0v) is 19.9. The lowest BCUT2D eigenvalue weighted by molar-refractivity contribution is -0.121. The first-order valence-corrected chi connectivity index (χ1v) is 12.3. The van der Waals surface area contributed by atoms with Gasteiger partial charge in [-0.25, -0.2) is 9.78 Å². The lowest BCUT2D eigenvalue weighted by Crippen LogP contribution is -2.52. The van der Waals surface area contributed by atoms with E-state index in [0.29, 0.717) is 24.9 Å². The number of hydrogen-bond donors (Lipinski definition) is 0. The van der Waals surface area contributed by atoms with Crippen molar-refractivity contribution in [2.45, 2.75) is 58.3 Å². The highest BCUT2D eigenvalue weighted by molar-refractivity contribution is 5.96. The summed E-state index contributed by atoms with van der Waals surface area (Å²) in [6, 6.07) is 4.22. The summed E-state index contributed by atoms with van der Waals surface area (Å²) in [5, 5.41) is 0. The average molecular weight is 443 g/mol. The van der Waals surface area contributed by atoms with Crippen LogP contribution in [0.4, 0.5) is 10.6 Å². The lowest BCUT2D eigenvalue weighted by atomic mass is 9.68. The number of hydrogen-bond acceptors (Lipinski definition) is 5. The van der Waals surface area contributed by atoms with Crippen molar-refractivity contribution in [1.82, 2.24) is 14.8 Å². The second-order valence-corrected chi connectivity index (χ2v) is 10.2. The Hall–Kier alpha value is -2.15. The van der Waals surface area contributed by atoms with Gasteiger partial charge in [0.15, 0.2) is 0 Å². The number of aromatic nitrogens is 1. The standard InChI is InChI=1S/C25H38N4O3/c1-4-32-24(31)28-12-7-20(8-13-28)18-27-14-9-25(10-15-27)16-22(30)29(17-19(2)3)23-21(25)6-5-11-26-23/h5-6,11,19-20H,4,7-10,12-18H2,1-3H3. The first-order valence-electron chi connectivity index (χ1n) is 12.3. The summed E-state index contributed by atoms with van der Waals surface area (Å²) in [7, 11) is 0. The molecule has 176 valence electrons. The Morgan fingerprint density at radius 1 is 1.22 bits per heavy atom. The summed E-state index contributed by atoms with van der Waals surface area (Å²) in [6.45, 7) is 12.0. The van der Waals surface area contributed by atoms with Gasteiger partial charge in [0.2, 0.25) is 5.91 Å². The van der Waals surface area contributed by atoms with E-state index >= 15 is 0 Å². The minimum atomic E-state index is -0.174. The Labute approximate surface area is 192 Å². The van der Waals surface area contributed by atoms with Crippen molar-refractivity contribution >= 4 is 17.8 Å². The fourth-order valence-corrected chi connectivity index (χ4v) is 5.67. The van der Waals surface area contributed by atoms with Crippen molar-refractivity contribution in [3.8, 4) is 0 Å². The van der Waals surface area contributed by atoms with Gasteiger partial charge in [-0.2, -0.15) is 0 Å². The molecule has 0 aliphatic carbocycles. The van der Waals surface area contributed by atoms with E-state index in [1.165, 1.54) is 5.56 Å². The van der Waals surface area contributed by atoms with E-state index in [1.807, 2.05) is 29.0 Å². The van der Waals surface area contributed by atoms with E-state index < -0.39 is 0 Å². The third-order valence-corrected chi connectivity index (χ3v) is 7.42. The van der Waals surface area contributed by atoms with Crippen LogP contribution in [0.15, 0.2) is 18.3 Å². The minimum absolute atomic E-state index is 0.0715. The zero-order chi connectivity index (χ0) is 22.7. The molecular weight excluding hydrogens is 404 g/mol. The number of pyridine rings is 1. The fraction of sp³-hybridized carbons (Fsp3) is 0.720. The number of carbonyl (C=O) groups excluding carboxylic acids is 2. The number of anilines is 1. The van der Waals surface area contributed by atoms with Crippen LogP contribution < -0.4 is 4.90 Å². The maximum absolute atomic E-state index is 13.1. The summed E-state index contributed by atoms with van der Waals surface area (Å²) in [5.74, 6) is 2.15. The molecule has 0 bridgehead atoms. The molecule has 0 atom stereocenters. The SMILES string of the molecule is CCOC(=O)N1CCC(CN2CCC3(CC2)CC(=O)N(CC(C)C)c2ncccc23)CC1. The molecule has 0 saturated carbocycles. The van der Waals surface area contributed by atoms with E-state index in [9.17, 15) is 9.59 Å². The monoisotopic (exact) mass is 442 g/mol. The molecule has 1 spiro atoms. The van der Waals surface area contributed by atoms with Gasteiger partial charge in [-0.15, -0.1) is 0 Å². The molecule has 0 unspecified atom stereocenters. The van der Waals surface area contributed by atoms with Crippen molar-refractivity contribution in [2.24, 2.45) is 11.8 Å². The predicted molar refractivity (Wildman–Crippen MR) is 125 cm³/mol. The Morgan fingerprint density at radius 2 is 1.94 bits per heavy atom. The van der Waals surface area contributed by atoms with Crippen LogP contribution in [0.5, 0.6) is 0 Å². The van der Waals surface area contributed by atoms with Gasteiger partial charge in [-0.3, -0.25) is 9.69 Å². The Balaban J connectivity index is 1.36. The Bertz CT molecular complexity index is 811. The van der Waals surface area contributed by atoms with Crippen LogP contribution in [-0.2, 0) is 14.9 Å². The van der Waals surface area contributed by atoms with Gasteiger partial charge in [-0.1, -0.05) is 19.9 Å². The van der Waals surface area contributed by atoms with Crippen LogP contribution in [0.2, 0.25) is 0 Å². The largest absolute Gasteiger partial charge is 0.450 e. The van der Waals surface area contributed by atoms with Gasteiger partial charge in [0.25, 0.3) is 0 Å². The van der Waals surface area contributed by atoms with Crippen molar-refractivity contribution in [2.75, 3.05) is 50.8 Å². The number of ether oxygens (including phenoxy) is 1. The summed E-state index contributed by atoms with van der Waals surface area (Å²) in [6.07, 6.45) is 6.33. The van der Waals surface area contributed by atoms with Crippen LogP contribution in [0.3, 0.4) is 0 Å². The third kappa shape index (κ3) is 4.77.